The number of carbonyl (C=O) groups excluding carboxylic acids is 2. The Morgan fingerprint density at radius 2 is 2.07 bits per heavy atom. The van der Waals surface area contributed by atoms with Crippen LogP contribution in [-0.2, 0) is 14.3 Å². The van der Waals surface area contributed by atoms with Gasteiger partial charge in [0, 0.05) is 17.5 Å². The van der Waals surface area contributed by atoms with Crippen molar-refractivity contribution in [2.45, 2.75) is 6.92 Å². The number of hydrogen-bond donors (Lipinski definition) is 0. The van der Waals surface area contributed by atoms with Crippen LogP contribution in [0.4, 0.5) is 0 Å². The third kappa shape index (κ3) is 4.37. The number of esters is 2. The summed E-state index contributed by atoms with van der Waals surface area (Å²) in [6.07, 6.45) is 1.55. The molecule has 2 aromatic carbocycles. The molecule has 1 heterocycles. The number of rotatable bonds is 4. The summed E-state index contributed by atoms with van der Waals surface area (Å²) >= 11 is 9.30. The maximum absolute atomic E-state index is 12.1. The second kappa shape index (κ2) is 7.94. The van der Waals surface area contributed by atoms with Crippen LogP contribution < -0.4 is 9.47 Å². The van der Waals surface area contributed by atoms with E-state index in [4.69, 9.17) is 25.8 Å². The summed E-state index contributed by atoms with van der Waals surface area (Å²) < 4.78 is 16.1. The Hall–Kier alpha value is -2.64. The first-order valence-corrected chi connectivity index (χ1v) is 8.89. The van der Waals surface area contributed by atoms with E-state index in [2.05, 4.69) is 20.9 Å². The van der Waals surface area contributed by atoms with E-state index in [1.54, 1.807) is 42.5 Å². The molecule has 0 unspecified atom stereocenters. The minimum atomic E-state index is -0.580. The number of carbonyl (C=O) groups is 2. The summed E-state index contributed by atoms with van der Waals surface area (Å²) in [5, 5.41) is 0.512. The number of benzene rings is 2. The van der Waals surface area contributed by atoms with Crippen LogP contribution in [0.3, 0.4) is 0 Å². The Morgan fingerprint density at radius 1 is 1.30 bits per heavy atom. The maximum atomic E-state index is 12.1. The van der Waals surface area contributed by atoms with Crippen LogP contribution in [0.5, 0.6) is 11.5 Å². The third-order valence-electron chi connectivity index (χ3n) is 3.49. The van der Waals surface area contributed by atoms with Crippen molar-refractivity contribution in [3.63, 3.8) is 0 Å². The van der Waals surface area contributed by atoms with Gasteiger partial charge in [0.2, 0.25) is 5.90 Å². The van der Waals surface area contributed by atoms with E-state index in [-0.39, 0.29) is 17.3 Å². The lowest BCUT2D eigenvalue weighted by molar-refractivity contribution is -0.132. The van der Waals surface area contributed by atoms with Crippen LogP contribution in [0.25, 0.3) is 6.08 Å². The SMILES string of the molecule is COc1cc(/C=C2/N=C(c3cccc(Cl)c3)OC2=O)cc(Br)c1OC(C)=O. The molecule has 8 heteroatoms. The monoisotopic (exact) mass is 449 g/mol. The van der Waals surface area contributed by atoms with Gasteiger partial charge in [0.25, 0.3) is 0 Å². The van der Waals surface area contributed by atoms with Crippen LogP contribution in [-0.4, -0.2) is 24.9 Å². The van der Waals surface area contributed by atoms with Gasteiger partial charge in [-0.3, -0.25) is 4.79 Å². The standard InChI is InChI=1S/C19H13BrClNO5/c1-10(23)26-17-14(20)6-11(8-16(17)25-2)7-15-19(24)27-18(22-15)12-4-3-5-13(21)9-12/h3-9H,1-2H3/b15-7+. The molecule has 0 atom stereocenters. The van der Waals surface area contributed by atoms with Gasteiger partial charge in [-0.1, -0.05) is 17.7 Å². The lowest BCUT2D eigenvalue weighted by Gasteiger charge is -2.11. The molecule has 0 aromatic heterocycles. The second-order valence-electron chi connectivity index (χ2n) is 5.47. The Morgan fingerprint density at radius 3 is 2.74 bits per heavy atom. The van der Waals surface area contributed by atoms with Crippen molar-refractivity contribution in [3.05, 3.63) is 62.7 Å². The van der Waals surface area contributed by atoms with Gasteiger partial charge < -0.3 is 14.2 Å². The van der Waals surface area contributed by atoms with Crippen LogP contribution in [0.15, 0.2) is 51.6 Å². The van der Waals surface area contributed by atoms with Gasteiger partial charge in [0.15, 0.2) is 17.2 Å². The van der Waals surface area contributed by atoms with Gasteiger partial charge in [0.1, 0.15) is 0 Å². The van der Waals surface area contributed by atoms with E-state index in [9.17, 15) is 9.59 Å². The van der Waals surface area contributed by atoms with E-state index < -0.39 is 11.9 Å². The minimum absolute atomic E-state index is 0.124. The molecule has 6 nitrogen and oxygen atoms in total. The molecule has 0 N–H and O–H groups in total. The molecule has 0 radical (unpaired) electrons. The smallest absolute Gasteiger partial charge is 0.363 e. The predicted molar refractivity (Wildman–Crippen MR) is 104 cm³/mol. The van der Waals surface area contributed by atoms with Gasteiger partial charge in [-0.15, -0.1) is 0 Å². The van der Waals surface area contributed by atoms with Crippen LogP contribution >= 0.6 is 27.5 Å². The first-order valence-electron chi connectivity index (χ1n) is 7.72. The average Bonchev–Trinajstić information content (AvgIpc) is 2.97. The van der Waals surface area contributed by atoms with Crippen LogP contribution in [0.2, 0.25) is 5.02 Å². The fourth-order valence-electron chi connectivity index (χ4n) is 2.38. The highest BCUT2D eigenvalue weighted by atomic mass is 79.9. The normalized spacial score (nSPS) is 14.7. The van der Waals surface area contributed by atoms with Gasteiger partial charge in [0.05, 0.1) is 11.6 Å². The molecule has 27 heavy (non-hydrogen) atoms. The number of halogens is 2. The van der Waals surface area contributed by atoms with E-state index in [1.807, 2.05) is 0 Å². The highest BCUT2D eigenvalue weighted by Crippen LogP contribution is 2.37. The van der Waals surface area contributed by atoms with Crippen molar-refractivity contribution in [2.75, 3.05) is 7.11 Å². The molecule has 0 bridgehead atoms. The van der Waals surface area contributed by atoms with E-state index in [0.29, 0.717) is 26.4 Å². The van der Waals surface area contributed by atoms with Crippen molar-refractivity contribution in [1.29, 1.82) is 0 Å². The lowest BCUT2D eigenvalue weighted by Crippen LogP contribution is -2.05. The topological polar surface area (TPSA) is 74.2 Å². The van der Waals surface area contributed by atoms with E-state index in [1.165, 1.54) is 14.0 Å². The van der Waals surface area contributed by atoms with Gasteiger partial charge >= 0.3 is 11.9 Å². The largest absolute Gasteiger partial charge is 0.493 e. The Kier molecular flexibility index (Phi) is 5.62. The van der Waals surface area contributed by atoms with E-state index >= 15 is 0 Å². The molecule has 2 aromatic rings. The second-order valence-corrected chi connectivity index (χ2v) is 6.76. The predicted octanol–water partition coefficient (Wildman–Crippen LogP) is 4.38. The van der Waals surface area contributed by atoms with Crippen molar-refractivity contribution in [2.24, 2.45) is 4.99 Å². The van der Waals surface area contributed by atoms with Crippen molar-refractivity contribution >= 4 is 51.4 Å². The number of methoxy groups -OCH3 is 1. The number of cyclic esters (lactones) is 1. The Balaban J connectivity index is 1.97. The highest BCUT2D eigenvalue weighted by Gasteiger charge is 2.24. The first kappa shape index (κ1) is 19.1. The quantitative estimate of drug-likeness (QED) is 0.393. The highest BCUT2D eigenvalue weighted by molar-refractivity contribution is 9.10. The zero-order valence-electron chi connectivity index (χ0n) is 14.3. The van der Waals surface area contributed by atoms with Crippen molar-refractivity contribution in [1.82, 2.24) is 0 Å². The van der Waals surface area contributed by atoms with E-state index in [0.717, 1.165) is 0 Å². The number of aliphatic imine (C=N–C) groups is 1. The molecular formula is C19H13BrClNO5. The zero-order chi connectivity index (χ0) is 19.6. The summed E-state index contributed by atoms with van der Waals surface area (Å²) in [6, 6.07) is 10.2. The van der Waals surface area contributed by atoms with Gasteiger partial charge in [-0.25, -0.2) is 9.79 Å². The molecule has 0 amide bonds. The van der Waals surface area contributed by atoms with Crippen LogP contribution in [0.1, 0.15) is 18.1 Å². The Labute approximate surface area is 168 Å². The Bertz CT molecular complexity index is 1000. The lowest BCUT2D eigenvalue weighted by atomic mass is 10.1. The van der Waals surface area contributed by atoms with Crippen LogP contribution in [0, 0.1) is 0 Å². The molecule has 138 valence electrons. The average molecular weight is 451 g/mol. The molecule has 3 rings (SSSR count). The number of ether oxygens (including phenoxy) is 3. The zero-order valence-corrected chi connectivity index (χ0v) is 16.6. The molecule has 0 saturated heterocycles. The maximum Gasteiger partial charge on any atom is 0.363 e. The molecular weight excluding hydrogens is 438 g/mol. The molecule has 0 spiro atoms. The summed E-state index contributed by atoms with van der Waals surface area (Å²) in [6.45, 7) is 1.29. The first-order chi connectivity index (χ1) is 12.9. The molecule has 0 aliphatic carbocycles. The molecule has 0 fully saturated rings. The molecule has 0 saturated carbocycles. The van der Waals surface area contributed by atoms with Crippen molar-refractivity contribution in [3.8, 4) is 11.5 Å². The summed E-state index contributed by atoms with van der Waals surface area (Å²) in [5.41, 5.74) is 1.33. The minimum Gasteiger partial charge on any atom is -0.493 e. The fourth-order valence-corrected chi connectivity index (χ4v) is 3.11. The molecule has 1 aliphatic rings. The van der Waals surface area contributed by atoms with Crippen molar-refractivity contribution < 1.29 is 23.8 Å². The van der Waals surface area contributed by atoms with Gasteiger partial charge in [-0.05, 0) is 57.9 Å². The third-order valence-corrected chi connectivity index (χ3v) is 4.32. The fraction of sp³-hybridized carbons (Fsp3) is 0.105. The summed E-state index contributed by atoms with van der Waals surface area (Å²) in [5.74, 6) is -0.295. The van der Waals surface area contributed by atoms with Gasteiger partial charge in [-0.2, -0.15) is 0 Å². The summed E-state index contributed by atoms with van der Waals surface area (Å²) in [4.78, 5) is 27.6. The molecule has 1 aliphatic heterocycles. The number of hydrogen-bond acceptors (Lipinski definition) is 6. The number of nitrogens with zero attached hydrogens (tertiary/aromatic N) is 1. The summed E-state index contributed by atoms with van der Waals surface area (Å²) in [7, 11) is 1.45.